The molecule has 134 valence electrons. The molecule has 3 atom stereocenters. The second-order valence-electron chi connectivity index (χ2n) is 7.79. The van der Waals surface area contributed by atoms with Crippen molar-refractivity contribution in [1.82, 2.24) is 4.90 Å². The number of aliphatic carboxylic acids is 1. The lowest BCUT2D eigenvalue weighted by Gasteiger charge is -2.33. The number of carboxylic acid groups (broad SMARTS) is 1. The fourth-order valence-electron chi connectivity index (χ4n) is 5.04. The summed E-state index contributed by atoms with van der Waals surface area (Å²) < 4.78 is 0. The van der Waals surface area contributed by atoms with E-state index in [9.17, 15) is 14.7 Å². The number of hydrogen-bond acceptors (Lipinski definition) is 3. The van der Waals surface area contributed by atoms with Crippen molar-refractivity contribution in [2.24, 2.45) is 5.92 Å². The van der Waals surface area contributed by atoms with Gasteiger partial charge in [0.1, 0.15) is 6.04 Å². The maximum atomic E-state index is 11.8. The van der Waals surface area contributed by atoms with Gasteiger partial charge in [-0.1, -0.05) is 25.0 Å². The van der Waals surface area contributed by atoms with Gasteiger partial charge in [-0.05, 0) is 48.8 Å². The Labute approximate surface area is 148 Å². The van der Waals surface area contributed by atoms with Gasteiger partial charge in [-0.15, -0.1) is 0 Å². The summed E-state index contributed by atoms with van der Waals surface area (Å²) in [4.78, 5) is 27.6. The largest absolute Gasteiger partial charge is 0.480 e. The van der Waals surface area contributed by atoms with Crippen molar-refractivity contribution in [3.05, 3.63) is 29.3 Å². The Balaban J connectivity index is 1.58. The Morgan fingerprint density at radius 2 is 2.04 bits per heavy atom. The lowest BCUT2D eigenvalue weighted by atomic mass is 9.84. The number of benzene rings is 1. The number of hydrogen-bond donors (Lipinski definition) is 1. The van der Waals surface area contributed by atoms with Crippen LogP contribution >= 0.6 is 0 Å². The van der Waals surface area contributed by atoms with Gasteiger partial charge in [0.25, 0.3) is 0 Å². The minimum atomic E-state index is -0.683. The molecule has 3 aliphatic rings. The predicted octanol–water partition coefficient (Wildman–Crippen LogP) is 2.81. The quantitative estimate of drug-likeness (QED) is 0.917. The molecule has 3 unspecified atom stereocenters. The van der Waals surface area contributed by atoms with Crippen molar-refractivity contribution < 1.29 is 14.7 Å². The highest BCUT2D eigenvalue weighted by Crippen LogP contribution is 2.41. The highest BCUT2D eigenvalue weighted by atomic mass is 16.4. The van der Waals surface area contributed by atoms with Crippen molar-refractivity contribution in [2.45, 2.75) is 63.6 Å². The van der Waals surface area contributed by atoms with Crippen molar-refractivity contribution in [3.8, 4) is 0 Å². The molecular weight excluding hydrogens is 316 g/mol. The summed E-state index contributed by atoms with van der Waals surface area (Å²) in [7, 11) is 1.83. The smallest absolute Gasteiger partial charge is 0.320 e. The van der Waals surface area contributed by atoms with E-state index in [1.54, 1.807) is 4.90 Å². The molecule has 5 nitrogen and oxygen atoms in total. The third-order valence-electron chi connectivity index (χ3n) is 6.36. The standard InChI is InChI=1S/C20H26N2O3/c1-21-16-8-6-13(10-15(16)7-9-19(21)23)12-22-17-5-3-2-4-14(17)11-18(22)20(24)25/h6,8,10,14,17-18H,2-5,7,9,11-12H2,1H3,(H,24,25). The van der Waals surface area contributed by atoms with E-state index in [-0.39, 0.29) is 11.9 Å². The van der Waals surface area contributed by atoms with Crippen LogP contribution < -0.4 is 4.90 Å². The Morgan fingerprint density at radius 3 is 2.84 bits per heavy atom. The number of fused-ring (bicyclic) bond motifs is 2. The van der Waals surface area contributed by atoms with Crippen LogP contribution in [0.25, 0.3) is 0 Å². The van der Waals surface area contributed by atoms with Gasteiger partial charge < -0.3 is 10.0 Å². The third kappa shape index (κ3) is 2.95. The van der Waals surface area contributed by atoms with Crippen molar-refractivity contribution in [2.75, 3.05) is 11.9 Å². The molecule has 1 amide bonds. The first-order valence-electron chi connectivity index (χ1n) is 9.41. The van der Waals surface area contributed by atoms with Crippen LogP contribution in [0.5, 0.6) is 0 Å². The van der Waals surface area contributed by atoms with Gasteiger partial charge in [0.15, 0.2) is 0 Å². The molecule has 2 fully saturated rings. The normalized spacial score (nSPS) is 29.4. The first kappa shape index (κ1) is 16.6. The van der Waals surface area contributed by atoms with Crippen LogP contribution in [0, 0.1) is 5.92 Å². The molecule has 2 heterocycles. The minimum Gasteiger partial charge on any atom is -0.480 e. The molecule has 5 heteroatoms. The predicted molar refractivity (Wildman–Crippen MR) is 95.5 cm³/mol. The molecule has 0 spiro atoms. The number of amides is 1. The number of carbonyl (C=O) groups is 2. The van der Waals surface area contributed by atoms with Crippen LogP contribution in [-0.2, 0) is 22.6 Å². The fraction of sp³-hybridized carbons (Fsp3) is 0.600. The van der Waals surface area contributed by atoms with Crippen LogP contribution in [0.1, 0.15) is 49.7 Å². The maximum absolute atomic E-state index is 11.8. The Kier molecular flexibility index (Phi) is 4.28. The average Bonchev–Trinajstić information content (AvgIpc) is 2.97. The number of aryl methyl sites for hydroxylation is 1. The zero-order chi connectivity index (χ0) is 17.6. The van der Waals surface area contributed by atoms with Gasteiger partial charge >= 0.3 is 5.97 Å². The summed E-state index contributed by atoms with van der Waals surface area (Å²) in [6.45, 7) is 0.697. The number of rotatable bonds is 3. The summed E-state index contributed by atoms with van der Waals surface area (Å²) in [5, 5.41) is 9.68. The van der Waals surface area contributed by atoms with E-state index in [0.29, 0.717) is 24.9 Å². The monoisotopic (exact) mass is 342 g/mol. The lowest BCUT2D eigenvalue weighted by Crippen LogP contribution is -2.41. The third-order valence-corrected chi connectivity index (χ3v) is 6.36. The second-order valence-corrected chi connectivity index (χ2v) is 7.79. The molecule has 1 aliphatic carbocycles. The van der Waals surface area contributed by atoms with Crippen LogP contribution in [0.4, 0.5) is 5.69 Å². The van der Waals surface area contributed by atoms with E-state index in [1.807, 2.05) is 13.1 Å². The van der Waals surface area contributed by atoms with Crippen molar-refractivity contribution >= 4 is 17.6 Å². The first-order chi connectivity index (χ1) is 12.0. The number of carboxylic acids is 1. The van der Waals surface area contributed by atoms with Crippen LogP contribution in [-0.4, -0.2) is 41.0 Å². The number of carbonyl (C=O) groups excluding carboxylic acids is 1. The Hall–Kier alpha value is -1.88. The van der Waals surface area contributed by atoms with Crippen molar-refractivity contribution in [1.29, 1.82) is 0 Å². The molecule has 0 bridgehead atoms. The van der Waals surface area contributed by atoms with Gasteiger partial charge in [-0.25, -0.2) is 0 Å². The SMILES string of the molecule is CN1C(=O)CCc2cc(CN3C(C(=O)O)CC4CCCCC43)ccc21. The number of nitrogens with zero attached hydrogens (tertiary/aromatic N) is 2. The fourth-order valence-corrected chi connectivity index (χ4v) is 5.04. The first-order valence-corrected chi connectivity index (χ1v) is 9.41. The molecule has 1 saturated heterocycles. The molecule has 0 radical (unpaired) electrons. The summed E-state index contributed by atoms with van der Waals surface area (Å²) in [6, 6.07) is 6.31. The molecule has 4 rings (SSSR count). The highest BCUT2D eigenvalue weighted by Gasteiger charge is 2.45. The zero-order valence-corrected chi connectivity index (χ0v) is 14.8. The van der Waals surface area contributed by atoms with Crippen LogP contribution in [0.15, 0.2) is 18.2 Å². The topological polar surface area (TPSA) is 60.9 Å². The van der Waals surface area contributed by atoms with E-state index < -0.39 is 5.97 Å². The van der Waals surface area contributed by atoms with Gasteiger partial charge in [0.05, 0.1) is 0 Å². The van der Waals surface area contributed by atoms with E-state index in [2.05, 4.69) is 17.0 Å². The van der Waals surface area contributed by atoms with Gasteiger partial charge in [0, 0.05) is 31.7 Å². The van der Waals surface area contributed by atoms with E-state index in [1.165, 1.54) is 30.4 Å². The van der Waals surface area contributed by atoms with Gasteiger partial charge in [-0.3, -0.25) is 14.5 Å². The molecule has 2 aliphatic heterocycles. The molecular formula is C20H26N2O3. The van der Waals surface area contributed by atoms with Gasteiger partial charge in [-0.2, -0.15) is 0 Å². The summed E-state index contributed by atoms with van der Waals surface area (Å²) in [6.07, 6.45) is 6.86. The Morgan fingerprint density at radius 1 is 1.24 bits per heavy atom. The lowest BCUT2D eigenvalue weighted by molar-refractivity contribution is -0.142. The summed E-state index contributed by atoms with van der Waals surface area (Å²) in [5.41, 5.74) is 3.36. The molecule has 1 N–H and O–H groups in total. The van der Waals surface area contributed by atoms with E-state index >= 15 is 0 Å². The highest BCUT2D eigenvalue weighted by molar-refractivity contribution is 5.95. The van der Waals surface area contributed by atoms with Gasteiger partial charge in [0.2, 0.25) is 5.91 Å². The van der Waals surface area contributed by atoms with Crippen LogP contribution in [0.2, 0.25) is 0 Å². The number of anilines is 1. The average molecular weight is 342 g/mol. The minimum absolute atomic E-state index is 0.163. The van der Waals surface area contributed by atoms with E-state index in [0.717, 1.165) is 24.9 Å². The maximum Gasteiger partial charge on any atom is 0.320 e. The molecule has 25 heavy (non-hydrogen) atoms. The molecule has 0 aromatic heterocycles. The summed E-state index contributed by atoms with van der Waals surface area (Å²) >= 11 is 0. The van der Waals surface area contributed by atoms with Crippen molar-refractivity contribution in [3.63, 3.8) is 0 Å². The summed E-state index contributed by atoms with van der Waals surface area (Å²) in [5.74, 6) is 0.0182. The molecule has 1 aromatic rings. The molecule has 1 saturated carbocycles. The molecule has 1 aromatic carbocycles. The number of likely N-dealkylation sites (tertiary alicyclic amines) is 1. The zero-order valence-electron chi connectivity index (χ0n) is 14.8. The van der Waals surface area contributed by atoms with Crippen LogP contribution in [0.3, 0.4) is 0 Å². The Bertz CT molecular complexity index is 702. The van der Waals surface area contributed by atoms with E-state index in [4.69, 9.17) is 0 Å². The second kappa shape index (κ2) is 6.45.